The van der Waals surface area contributed by atoms with Gasteiger partial charge in [0, 0.05) is 38.9 Å². The molecule has 0 unspecified atom stereocenters. The quantitative estimate of drug-likeness (QED) is 0.705. The van der Waals surface area contributed by atoms with E-state index in [1.807, 2.05) is 24.4 Å². The van der Waals surface area contributed by atoms with Crippen LogP contribution in [0.4, 0.5) is 27.5 Å². The summed E-state index contributed by atoms with van der Waals surface area (Å²) in [5.74, 6) is 2.05. The molecule has 3 heterocycles. The highest BCUT2D eigenvalue weighted by atomic mass is 19.1. The molecule has 1 aliphatic heterocycles. The van der Waals surface area contributed by atoms with Crippen molar-refractivity contribution in [2.24, 2.45) is 0 Å². The zero-order valence-corrected chi connectivity index (χ0v) is 15.4. The molecule has 0 saturated carbocycles. The normalized spacial score (nSPS) is 14.2. The van der Waals surface area contributed by atoms with Crippen LogP contribution in [0, 0.1) is 5.82 Å². The minimum absolute atomic E-state index is 0.252. The van der Waals surface area contributed by atoms with Gasteiger partial charge in [0.25, 0.3) is 0 Å². The van der Waals surface area contributed by atoms with Gasteiger partial charge < -0.3 is 20.9 Å². The molecule has 3 N–H and O–H groups in total. The lowest BCUT2D eigenvalue weighted by Gasteiger charge is -2.36. The predicted octanol–water partition coefficient (Wildman–Crippen LogP) is 2.53. The maximum atomic E-state index is 13.0. The Morgan fingerprint density at radius 3 is 2.39 bits per heavy atom. The van der Waals surface area contributed by atoms with E-state index in [0.717, 1.165) is 43.4 Å². The van der Waals surface area contributed by atoms with Crippen molar-refractivity contribution in [1.29, 1.82) is 0 Å². The topological polar surface area (TPSA) is 83.2 Å². The molecular weight excluding hydrogens is 357 g/mol. The van der Waals surface area contributed by atoms with Gasteiger partial charge in [-0.15, -0.1) is 0 Å². The van der Waals surface area contributed by atoms with E-state index in [0.29, 0.717) is 18.1 Å². The maximum absolute atomic E-state index is 13.0. The first kappa shape index (κ1) is 18.0. The number of nitrogen functional groups attached to an aromatic ring is 1. The zero-order valence-electron chi connectivity index (χ0n) is 15.4. The van der Waals surface area contributed by atoms with Crippen molar-refractivity contribution in [2.75, 3.05) is 47.0 Å². The lowest BCUT2D eigenvalue weighted by molar-refractivity contribution is 0.627. The van der Waals surface area contributed by atoms with Crippen molar-refractivity contribution in [1.82, 2.24) is 15.0 Å². The number of aromatic nitrogens is 3. The van der Waals surface area contributed by atoms with E-state index in [2.05, 4.69) is 30.1 Å². The minimum atomic E-state index is -0.252. The summed E-state index contributed by atoms with van der Waals surface area (Å²) in [7, 11) is 0. The van der Waals surface area contributed by atoms with E-state index >= 15 is 0 Å². The fourth-order valence-corrected chi connectivity index (χ4v) is 3.26. The first-order valence-corrected chi connectivity index (χ1v) is 9.20. The molecule has 8 heteroatoms. The van der Waals surface area contributed by atoms with Gasteiger partial charge in [0.05, 0.1) is 0 Å². The summed E-state index contributed by atoms with van der Waals surface area (Å²) in [5, 5.41) is 3.22. The van der Waals surface area contributed by atoms with Crippen LogP contribution in [0.1, 0.15) is 5.56 Å². The number of anilines is 4. The van der Waals surface area contributed by atoms with Gasteiger partial charge in [0.15, 0.2) is 11.6 Å². The molecule has 0 aliphatic carbocycles. The Hall–Kier alpha value is -3.42. The third-order valence-electron chi connectivity index (χ3n) is 4.79. The molecule has 2 aromatic heterocycles. The van der Waals surface area contributed by atoms with Crippen LogP contribution in [0.15, 0.2) is 55.0 Å². The summed E-state index contributed by atoms with van der Waals surface area (Å²) in [6.45, 7) is 3.80. The summed E-state index contributed by atoms with van der Waals surface area (Å²) >= 11 is 0. The van der Waals surface area contributed by atoms with E-state index in [4.69, 9.17) is 5.73 Å². The first-order chi connectivity index (χ1) is 13.7. The molecule has 1 saturated heterocycles. The van der Waals surface area contributed by atoms with E-state index < -0.39 is 0 Å². The molecule has 0 bridgehead atoms. The molecule has 1 aliphatic rings. The SMILES string of the molecule is Nc1c(NCc2ccc(F)cc2)ncnc1N1CCN(c2ccccn2)CC1. The smallest absolute Gasteiger partial charge is 0.157 e. The Balaban J connectivity index is 1.41. The fourth-order valence-electron chi connectivity index (χ4n) is 3.26. The molecule has 0 radical (unpaired) electrons. The number of hydrogen-bond acceptors (Lipinski definition) is 7. The van der Waals surface area contributed by atoms with Crippen molar-refractivity contribution in [2.45, 2.75) is 6.54 Å². The summed E-state index contributed by atoms with van der Waals surface area (Å²) < 4.78 is 13.0. The highest BCUT2D eigenvalue weighted by Crippen LogP contribution is 2.27. The number of pyridine rings is 1. The van der Waals surface area contributed by atoms with Crippen LogP contribution in [0.2, 0.25) is 0 Å². The molecular formula is C20H22FN7. The lowest BCUT2D eigenvalue weighted by Crippen LogP contribution is -2.47. The second-order valence-corrected chi connectivity index (χ2v) is 6.60. The van der Waals surface area contributed by atoms with E-state index in [1.54, 1.807) is 12.1 Å². The second-order valence-electron chi connectivity index (χ2n) is 6.60. The summed E-state index contributed by atoms with van der Waals surface area (Å²) in [6.07, 6.45) is 3.33. The third-order valence-corrected chi connectivity index (χ3v) is 4.79. The molecule has 1 aromatic carbocycles. The van der Waals surface area contributed by atoms with Crippen LogP contribution in [0.25, 0.3) is 0 Å². The van der Waals surface area contributed by atoms with Crippen molar-refractivity contribution < 1.29 is 4.39 Å². The van der Waals surface area contributed by atoms with Gasteiger partial charge in [0.1, 0.15) is 23.6 Å². The van der Waals surface area contributed by atoms with Crippen LogP contribution in [-0.2, 0) is 6.54 Å². The minimum Gasteiger partial charge on any atom is -0.393 e. The van der Waals surface area contributed by atoms with E-state index in [9.17, 15) is 4.39 Å². The molecule has 1 fully saturated rings. The molecule has 28 heavy (non-hydrogen) atoms. The van der Waals surface area contributed by atoms with Gasteiger partial charge in [-0.1, -0.05) is 18.2 Å². The van der Waals surface area contributed by atoms with Crippen LogP contribution >= 0.6 is 0 Å². The molecule has 7 nitrogen and oxygen atoms in total. The van der Waals surface area contributed by atoms with Crippen LogP contribution < -0.4 is 20.9 Å². The summed E-state index contributed by atoms with van der Waals surface area (Å²) in [4.78, 5) is 17.5. The average Bonchev–Trinajstić information content (AvgIpc) is 2.75. The van der Waals surface area contributed by atoms with Gasteiger partial charge in [0.2, 0.25) is 0 Å². The number of nitrogens with zero attached hydrogens (tertiary/aromatic N) is 5. The Bertz CT molecular complexity index is 910. The van der Waals surface area contributed by atoms with Gasteiger partial charge in [-0.25, -0.2) is 19.3 Å². The first-order valence-electron chi connectivity index (χ1n) is 9.20. The predicted molar refractivity (Wildman–Crippen MR) is 109 cm³/mol. The molecule has 0 atom stereocenters. The summed E-state index contributed by atoms with van der Waals surface area (Å²) in [5.41, 5.74) is 7.81. The molecule has 144 valence electrons. The Kier molecular flexibility index (Phi) is 5.18. The van der Waals surface area contributed by atoms with Crippen LogP contribution in [0.3, 0.4) is 0 Å². The Morgan fingerprint density at radius 2 is 1.68 bits per heavy atom. The van der Waals surface area contributed by atoms with Crippen molar-refractivity contribution in [3.8, 4) is 0 Å². The Labute approximate surface area is 163 Å². The standard InChI is InChI=1S/C20H22FN7/c21-16-6-4-15(5-7-16)13-24-19-18(22)20(26-14-25-19)28-11-9-27(10-12-28)17-3-1-2-8-23-17/h1-8,14H,9-13,22H2,(H,24,25,26). The van der Waals surface area contributed by atoms with Crippen molar-refractivity contribution >= 4 is 23.1 Å². The van der Waals surface area contributed by atoms with Gasteiger partial charge >= 0.3 is 0 Å². The maximum Gasteiger partial charge on any atom is 0.157 e. The number of nitrogens with one attached hydrogen (secondary N) is 1. The average molecular weight is 379 g/mol. The number of benzene rings is 1. The molecule has 3 aromatic rings. The number of nitrogens with two attached hydrogens (primary N) is 1. The van der Waals surface area contributed by atoms with E-state index in [1.165, 1.54) is 18.5 Å². The third kappa shape index (κ3) is 3.95. The van der Waals surface area contributed by atoms with Crippen LogP contribution in [-0.4, -0.2) is 41.1 Å². The van der Waals surface area contributed by atoms with Gasteiger partial charge in [-0.05, 0) is 29.8 Å². The Morgan fingerprint density at radius 1 is 0.929 bits per heavy atom. The molecule has 0 spiro atoms. The van der Waals surface area contributed by atoms with Crippen molar-refractivity contribution in [3.05, 3.63) is 66.4 Å². The molecule has 0 amide bonds. The van der Waals surface area contributed by atoms with Crippen LogP contribution in [0.5, 0.6) is 0 Å². The highest BCUT2D eigenvalue weighted by molar-refractivity contribution is 5.75. The van der Waals surface area contributed by atoms with Crippen molar-refractivity contribution in [3.63, 3.8) is 0 Å². The zero-order chi connectivity index (χ0) is 19.3. The molecule has 4 rings (SSSR count). The number of halogens is 1. The van der Waals surface area contributed by atoms with Gasteiger partial charge in [-0.3, -0.25) is 0 Å². The van der Waals surface area contributed by atoms with E-state index in [-0.39, 0.29) is 5.82 Å². The highest BCUT2D eigenvalue weighted by Gasteiger charge is 2.21. The second kappa shape index (κ2) is 8.08. The number of piperazine rings is 1. The van der Waals surface area contributed by atoms with Gasteiger partial charge in [-0.2, -0.15) is 0 Å². The number of rotatable bonds is 5. The largest absolute Gasteiger partial charge is 0.393 e. The summed E-state index contributed by atoms with van der Waals surface area (Å²) in [6, 6.07) is 12.3. The lowest BCUT2D eigenvalue weighted by atomic mass is 10.2. The fraction of sp³-hybridized carbons (Fsp3) is 0.250. The number of hydrogen-bond donors (Lipinski definition) is 2. The monoisotopic (exact) mass is 379 g/mol.